The zero-order valence-electron chi connectivity index (χ0n) is 11.5. The van der Waals surface area contributed by atoms with Gasteiger partial charge in [-0.25, -0.2) is 9.59 Å². The van der Waals surface area contributed by atoms with Crippen LogP contribution in [0.4, 0.5) is 4.79 Å². The van der Waals surface area contributed by atoms with Crippen molar-refractivity contribution in [1.29, 1.82) is 0 Å². The van der Waals surface area contributed by atoms with Crippen molar-refractivity contribution in [3.63, 3.8) is 0 Å². The van der Waals surface area contributed by atoms with Crippen LogP contribution in [0.1, 0.15) is 25.7 Å². The lowest BCUT2D eigenvalue weighted by atomic mass is 10.1. The summed E-state index contributed by atoms with van der Waals surface area (Å²) < 4.78 is 5.24. The topological polar surface area (TPSA) is 90.3 Å². The van der Waals surface area contributed by atoms with Crippen LogP contribution in [0.5, 0.6) is 0 Å². The number of aliphatic carboxylic acids is 1. The second kappa shape index (κ2) is 6.90. The minimum atomic E-state index is -0.967. The van der Waals surface area contributed by atoms with Gasteiger partial charge in [0.05, 0.1) is 12.2 Å². The van der Waals surface area contributed by atoms with Crippen molar-refractivity contribution in [2.24, 2.45) is 0 Å². The molecule has 114 valence electrons. The molecular weight excluding hydrogens is 264 g/mol. The van der Waals surface area contributed by atoms with Crippen molar-refractivity contribution in [2.45, 2.75) is 37.9 Å². The molecule has 1 unspecified atom stereocenters. The average Bonchev–Trinajstić information content (AvgIpc) is 2.45. The molecule has 20 heavy (non-hydrogen) atoms. The highest BCUT2D eigenvalue weighted by molar-refractivity contribution is 5.74. The lowest BCUT2D eigenvalue weighted by molar-refractivity contribution is -0.145. The number of nitrogens with zero attached hydrogens (tertiary/aromatic N) is 2. The van der Waals surface area contributed by atoms with Crippen LogP contribution in [-0.4, -0.2) is 77.0 Å². The largest absolute Gasteiger partial charge is 0.480 e. The van der Waals surface area contributed by atoms with Crippen molar-refractivity contribution in [2.75, 3.05) is 32.8 Å². The zero-order valence-corrected chi connectivity index (χ0v) is 11.5. The van der Waals surface area contributed by atoms with E-state index in [1.807, 2.05) is 0 Å². The molecule has 0 saturated carbocycles. The molecule has 2 heterocycles. The second-order valence-electron chi connectivity index (χ2n) is 5.42. The number of carbonyl (C=O) groups is 2. The molecule has 7 heteroatoms. The third-order valence-electron chi connectivity index (χ3n) is 3.82. The average molecular weight is 286 g/mol. The smallest absolute Gasteiger partial charge is 0.329 e. The Morgan fingerprint density at radius 1 is 1.10 bits per heavy atom. The molecule has 0 aromatic rings. The fourth-order valence-corrected chi connectivity index (χ4v) is 2.73. The van der Waals surface area contributed by atoms with Crippen LogP contribution in [-0.2, 0) is 9.53 Å². The van der Waals surface area contributed by atoms with Gasteiger partial charge in [0.25, 0.3) is 0 Å². The number of piperidine rings is 2. The number of carboxylic acid groups (broad SMARTS) is 1. The zero-order chi connectivity index (χ0) is 14.5. The van der Waals surface area contributed by atoms with E-state index in [0.717, 1.165) is 12.8 Å². The first kappa shape index (κ1) is 15.1. The molecule has 0 bridgehead atoms. The Kier molecular flexibility index (Phi) is 5.19. The van der Waals surface area contributed by atoms with E-state index in [2.05, 4.69) is 0 Å². The Balaban J connectivity index is 1.75. The highest BCUT2D eigenvalue weighted by atomic mass is 16.5. The Labute approximate surface area is 118 Å². The van der Waals surface area contributed by atoms with E-state index in [4.69, 9.17) is 9.84 Å². The van der Waals surface area contributed by atoms with Crippen LogP contribution in [0.3, 0.4) is 0 Å². The summed E-state index contributed by atoms with van der Waals surface area (Å²) in [4.78, 5) is 26.2. The van der Waals surface area contributed by atoms with Crippen LogP contribution in [0.15, 0.2) is 0 Å². The summed E-state index contributed by atoms with van der Waals surface area (Å²) in [5, 5.41) is 18.2. The molecule has 0 radical (unpaired) electrons. The highest BCUT2D eigenvalue weighted by Crippen LogP contribution is 2.17. The van der Waals surface area contributed by atoms with E-state index in [0.29, 0.717) is 39.0 Å². The molecule has 2 N–H and O–H groups in total. The molecule has 7 nitrogen and oxygen atoms in total. The molecule has 2 rings (SSSR count). The summed E-state index contributed by atoms with van der Waals surface area (Å²) in [6, 6.07) is -0.0274. The number of carboxylic acids is 1. The van der Waals surface area contributed by atoms with Gasteiger partial charge in [0, 0.05) is 26.2 Å². The standard InChI is InChI=1S/C13H22N2O5/c16-10-2-1-5-15(8-10)13(19)14-6-3-11(4-7-14)20-9-12(17)18/h10-11,16H,1-9H2,(H,17,18). The van der Waals surface area contributed by atoms with Crippen molar-refractivity contribution in [3.05, 3.63) is 0 Å². The van der Waals surface area contributed by atoms with E-state index in [-0.39, 0.29) is 18.7 Å². The molecule has 2 saturated heterocycles. The minimum absolute atomic E-state index is 0.0274. The van der Waals surface area contributed by atoms with Crippen molar-refractivity contribution in [1.82, 2.24) is 9.80 Å². The third kappa shape index (κ3) is 4.08. The van der Waals surface area contributed by atoms with Gasteiger partial charge in [0.2, 0.25) is 0 Å². The number of β-amino-alcohol motifs (C(OH)–C–C–N with tert-alkyl or cyclic N) is 1. The monoisotopic (exact) mass is 286 g/mol. The molecule has 2 aliphatic rings. The van der Waals surface area contributed by atoms with E-state index >= 15 is 0 Å². The fourth-order valence-electron chi connectivity index (χ4n) is 2.73. The summed E-state index contributed by atoms with van der Waals surface area (Å²) in [7, 11) is 0. The number of carbonyl (C=O) groups excluding carboxylic acids is 1. The Bertz CT molecular complexity index is 355. The molecule has 0 aromatic carbocycles. The number of hydrogen-bond donors (Lipinski definition) is 2. The van der Waals surface area contributed by atoms with Gasteiger partial charge in [-0.1, -0.05) is 0 Å². The number of aliphatic hydroxyl groups excluding tert-OH is 1. The summed E-state index contributed by atoms with van der Waals surface area (Å²) >= 11 is 0. The lowest BCUT2D eigenvalue weighted by Crippen LogP contribution is -2.51. The first-order chi connectivity index (χ1) is 9.56. The quantitative estimate of drug-likeness (QED) is 0.769. The van der Waals surface area contributed by atoms with Crippen LogP contribution in [0.2, 0.25) is 0 Å². The number of amides is 2. The summed E-state index contributed by atoms with van der Waals surface area (Å²) in [6.45, 7) is 1.99. The van der Waals surface area contributed by atoms with E-state index < -0.39 is 12.1 Å². The van der Waals surface area contributed by atoms with Gasteiger partial charge < -0.3 is 24.7 Å². The number of ether oxygens (including phenoxy) is 1. The fraction of sp³-hybridized carbons (Fsp3) is 0.846. The summed E-state index contributed by atoms with van der Waals surface area (Å²) in [5.74, 6) is -0.967. The van der Waals surface area contributed by atoms with Gasteiger partial charge in [-0.15, -0.1) is 0 Å². The first-order valence-electron chi connectivity index (χ1n) is 7.11. The molecule has 0 aliphatic carbocycles. The van der Waals surface area contributed by atoms with Gasteiger partial charge in [-0.2, -0.15) is 0 Å². The Hall–Kier alpha value is -1.34. The SMILES string of the molecule is O=C(O)COC1CCN(C(=O)N2CCCC(O)C2)CC1. The third-order valence-corrected chi connectivity index (χ3v) is 3.82. The van der Waals surface area contributed by atoms with Crippen LogP contribution in [0.25, 0.3) is 0 Å². The van der Waals surface area contributed by atoms with Crippen molar-refractivity contribution >= 4 is 12.0 Å². The molecule has 0 aromatic heterocycles. The maximum Gasteiger partial charge on any atom is 0.329 e. The first-order valence-corrected chi connectivity index (χ1v) is 7.11. The number of hydrogen-bond acceptors (Lipinski definition) is 4. The van der Waals surface area contributed by atoms with Gasteiger partial charge >= 0.3 is 12.0 Å². The van der Waals surface area contributed by atoms with Crippen molar-refractivity contribution < 1.29 is 24.5 Å². The number of aliphatic hydroxyl groups is 1. The van der Waals surface area contributed by atoms with E-state index in [1.165, 1.54) is 0 Å². The van der Waals surface area contributed by atoms with Crippen LogP contribution in [0, 0.1) is 0 Å². The Morgan fingerprint density at radius 3 is 2.40 bits per heavy atom. The molecule has 1 atom stereocenters. The number of urea groups is 1. The molecule has 2 amide bonds. The predicted octanol–water partition coefficient (Wildman–Crippen LogP) is 0.129. The van der Waals surface area contributed by atoms with E-state index in [9.17, 15) is 14.7 Å². The van der Waals surface area contributed by atoms with Crippen molar-refractivity contribution in [3.8, 4) is 0 Å². The Morgan fingerprint density at radius 2 is 1.80 bits per heavy atom. The highest BCUT2D eigenvalue weighted by Gasteiger charge is 2.29. The predicted molar refractivity (Wildman–Crippen MR) is 70.4 cm³/mol. The maximum atomic E-state index is 12.3. The second-order valence-corrected chi connectivity index (χ2v) is 5.42. The lowest BCUT2D eigenvalue weighted by Gasteiger charge is -2.38. The molecule has 2 fully saturated rings. The molecular formula is C13H22N2O5. The van der Waals surface area contributed by atoms with Crippen LogP contribution >= 0.6 is 0 Å². The normalized spacial score (nSPS) is 24.8. The van der Waals surface area contributed by atoms with Gasteiger partial charge in [0.1, 0.15) is 6.61 Å². The van der Waals surface area contributed by atoms with Crippen LogP contribution < -0.4 is 0 Å². The van der Waals surface area contributed by atoms with Gasteiger partial charge in [-0.3, -0.25) is 0 Å². The summed E-state index contributed by atoms with van der Waals surface area (Å²) in [5.41, 5.74) is 0. The van der Waals surface area contributed by atoms with Gasteiger partial charge in [-0.05, 0) is 25.7 Å². The van der Waals surface area contributed by atoms with Gasteiger partial charge in [0.15, 0.2) is 0 Å². The number of rotatable bonds is 3. The molecule has 2 aliphatic heterocycles. The number of likely N-dealkylation sites (tertiary alicyclic amines) is 2. The molecule has 0 spiro atoms. The summed E-state index contributed by atoms with van der Waals surface area (Å²) in [6.07, 6.45) is 2.43. The maximum absolute atomic E-state index is 12.3. The minimum Gasteiger partial charge on any atom is -0.480 e. The van der Waals surface area contributed by atoms with E-state index in [1.54, 1.807) is 9.80 Å².